The molecule has 0 spiro atoms. The summed E-state index contributed by atoms with van der Waals surface area (Å²) in [7, 11) is 0. The third kappa shape index (κ3) is 1.93. The molecule has 0 amide bonds. The predicted molar refractivity (Wildman–Crippen MR) is 71.1 cm³/mol. The minimum atomic E-state index is -0.884. The molecule has 2 aliphatic carbocycles. The summed E-state index contributed by atoms with van der Waals surface area (Å²) in [4.78, 5) is 0. The van der Waals surface area contributed by atoms with E-state index in [-0.39, 0.29) is 17.4 Å². The molecule has 104 valence electrons. The van der Waals surface area contributed by atoms with Crippen LogP contribution in [0, 0.1) is 11.3 Å². The van der Waals surface area contributed by atoms with Crippen molar-refractivity contribution in [2.24, 2.45) is 11.3 Å². The lowest BCUT2D eigenvalue weighted by atomic mass is 9.51. The lowest BCUT2D eigenvalue weighted by molar-refractivity contribution is -0.193. The SMILES string of the molecule is C=C(C)[C@]1(O)CC[C@@]2(C)[C@H](O)CC[C@](C)(O)[C@@H]2C1. The van der Waals surface area contributed by atoms with E-state index in [2.05, 4.69) is 6.58 Å². The van der Waals surface area contributed by atoms with Crippen LogP contribution in [0.2, 0.25) is 0 Å². The van der Waals surface area contributed by atoms with E-state index in [1.54, 1.807) is 0 Å². The van der Waals surface area contributed by atoms with Crippen molar-refractivity contribution >= 4 is 0 Å². The van der Waals surface area contributed by atoms with Crippen molar-refractivity contribution in [3.63, 3.8) is 0 Å². The largest absolute Gasteiger partial charge is 0.393 e. The molecule has 2 saturated carbocycles. The summed E-state index contributed by atoms with van der Waals surface area (Å²) in [6.07, 6.45) is 2.73. The first-order chi connectivity index (χ1) is 8.12. The fourth-order valence-electron chi connectivity index (χ4n) is 3.97. The van der Waals surface area contributed by atoms with Crippen molar-refractivity contribution in [2.75, 3.05) is 0 Å². The van der Waals surface area contributed by atoms with Crippen LogP contribution >= 0.6 is 0 Å². The van der Waals surface area contributed by atoms with Gasteiger partial charge in [0.15, 0.2) is 0 Å². The van der Waals surface area contributed by atoms with Crippen LogP contribution in [0.5, 0.6) is 0 Å². The number of rotatable bonds is 1. The van der Waals surface area contributed by atoms with E-state index in [1.165, 1.54) is 0 Å². The van der Waals surface area contributed by atoms with Gasteiger partial charge in [-0.2, -0.15) is 0 Å². The zero-order valence-corrected chi connectivity index (χ0v) is 11.7. The van der Waals surface area contributed by atoms with Gasteiger partial charge in [-0.25, -0.2) is 0 Å². The van der Waals surface area contributed by atoms with Crippen LogP contribution in [0.1, 0.15) is 52.9 Å². The molecule has 0 aromatic carbocycles. The van der Waals surface area contributed by atoms with Gasteiger partial charge in [-0.15, -0.1) is 0 Å². The first-order valence-corrected chi connectivity index (χ1v) is 6.91. The smallest absolute Gasteiger partial charge is 0.0855 e. The van der Waals surface area contributed by atoms with Crippen LogP contribution in [0.25, 0.3) is 0 Å². The zero-order valence-electron chi connectivity index (χ0n) is 11.7. The summed E-state index contributed by atoms with van der Waals surface area (Å²) < 4.78 is 0. The molecule has 0 heterocycles. The summed E-state index contributed by atoms with van der Waals surface area (Å²) in [5, 5.41) is 31.5. The van der Waals surface area contributed by atoms with Gasteiger partial charge in [0, 0.05) is 0 Å². The molecule has 3 N–H and O–H groups in total. The van der Waals surface area contributed by atoms with E-state index in [0.29, 0.717) is 25.7 Å². The quantitative estimate of drug-likeness (QED) is 0.627. The van der Waals surface area contributed by atoms with Crippen LogP contribution in [0.3, 0.4) is 0 Å². The summed E-state index contributed by atoms with van der Waals surface area (Å²) >= 11 is 0. The van der Waals surface area contributed by atoms with E-state index < -0.39 is 11.2 Å². The molecular weight excluding hydrogens is 228 g/mol. The first kappa shape index (κ1) is 14.0. The molecule has 2 fully saturated rings. The number of aliphatic hydroxyl groups is 3. The Hall–Kier alpha value is -0.380. The highest BCUT2D eigenvalue weighted by Crippen LogP contribution is 2.57. The Bertz CT molecular complexity index is 363. The lowest BCUT2D eigenvalue weighted by Gasteiger charge is -2.58. The Labute approximate surface area is 110 Å². The zero-order chi connectivity index (χ0) is 13.8. The van der Waals surface area contributed by atoms with Crippen molar-refractivity contribution in [2.45, 2.75) is 70.2 Å². The second kappa shape index (κ2) is 4.06. The predicted octanol–water partition coefficient (Wildman–Crippen LogP) is 2.01. The highest BCUT2D eigenvalue weighted by atomic mass is 16.3. The first-order valence-electron chi connectivity index (χ1n) is 6.91. The van der Waals surface area contributed by atoms with Crippen molar-refractivity contribution in [1.82, 2.24) is 0 Å². The number of hydrogen-bond donors (Lipinski definition) is 3. The maximum absolute atomic E-state index is 10.6. The summed E-state index contributed by atoms with van der Waals surface area (Å²) in [6, 6.07) is 0. The average Bonchev–Trinajstić information content (AvgIpc) is 2.27. The van der Waals surface area contributed by atoms with Gasteiger partial charge < -0.3 is 15.3 Å². The second-order valence-electron chi connectivity index (χ2n) is 6.99. The van der Waals surface area contributed by atoms with Gasteiger partial charge >= 0.3 is 0 Å². The Morgan fingerprint density at radius 1 is 1.17 bits per heavy atom. The summed E-state index contributed by atoms with van der Waals surface area (Å²) in [6.45, 7) is 9.62. The molecule has 2 aliphatic rings. The van der Waals surface area contributed by atoms with Crippen molar-refractivity contribution in [3.8, 4) is 0 Å². The monoisotopic (exact) mass is 254 g/mol. The molecular formula is C15H26O3. The van der Waals surface area contributed by atoms with E-state index in [1.807, 2.05) is 20.8 Å². The van der Waals surface area contributed by atoms with Gasteiger partial charge in [0.05, 0.1) is 17.3 Å². The fourth-order valence-corrected chi connectivity index (χ4v) is 3.97. The molecule has 2 rings (SSSR count). The standard InChI is InChI=1S/C15H26O3/c1-10(2)15(18)8-7-13(3)11(9-15)14(4,17)6-5-12(13)16/h11-12,16-18H,1,5-9H2,2-4H3/t11-,12-,13-,14+,15+/m1/s1. The topological polar surface area (TPSA) is 60.7 Å². The minimum Gasteiger partial charge on any atom is -0.393 e. The van der Waals surface area contributed by atoms with Gasteiger partial charge in [-0.1, -0.05) is 13.5 Å². The van der Waals surface area contributed by atoms with Crippen molar-refractivity contribution in [3.05, 3.63) is 12.2 Å². The van der Waals surface area contributed by atoms with Crippen LogP contribution in [0.4, 0.5) is 0 Å². The van der Waals surface area contributed by atoms with Gasteiger partial charge in [0.2, 0.25) is 0 Å². The normalized spacial score (nSPS) is 52.8. The molecule has 3 nitrogen and oxygen atoms in total. The van der Waals surface area contributed by atoms with E-state index in [4.69, 9.17) is 0 Å². The fraction of sp³-hybridized carbons (Fsp3) is 0.867. The molecule has 3 heteroatoms. The van der Waals surface area contributed by atoms with Gasteiger partial charge in [-0.3, -0.25) is 0 Å². The van der Waals surface area contributed by atoms with Crippen molar-refractivity contribution < 1.29 is 15.3 Å². The third-order valence-corrected chi connectivity index (χ3v) is 5.65. The van der Waals surface area contributed by atoms with Gasteiger partial charge in [0.25, 0.3) is 0 Å². The van der Waals surface area contributed by atoms with Crippen LogP contribution in [0.15, 0.2) is 12.2 Å². The molecule has 0 saturated heterocycles. The van der Waals surface area contributed by atoms with Crippen LogP contribution < -0.4 is 0 Å². The Morgan fingerprint density at radius 3 is 2.33 bits per heavy atom. The summed E-state index contributed by atoms with van der Waals surface area (Å²) in [5.41, 5.74) is -1.22. The maximum Gasteiger partial charge on any atom is 0.0855 e. The molecule has 0 unspecified atom stereocenters. The van der Waals surface area contributed by atoms with E-state index in [0.717, 1.165) is 12.0 Å². The maximum atomic E-state index is 10.6. The number of hydrogen-bond acceptors (Lipinski definition) is 3. The highest BCUT2D eigenvalue weighted by Gasteiger charge is 2.57. The minimum absolute atomic E-state index is 0.0794. The third-order valence-electron chi connectivity index (χ3n) is 5.65. The Balaban J connectivity index is 2.34. The second-order valence-corrected chi connectivity index (χ2v) is 6.99. The summed E-state index contributed by atoms with van der Waals surface area (Å²) in [5.74, 6) is -0.0794. The lowest BCUT2D eigenvalue weighted by Crippen LogP contribution is -2.60. The molecule has 5 atom stereocenters. The van der Waals surface area contributed by atoms with Gasteiger partial charge in [-0.05, 0) is 62.9 Å². The van der Waals surface area contributed by atoms with Crippen molar-refractivity contribution in [1.29, 1.82) is 0 Å². The highest BCUT2D eigenvalue weighted by molar-refractivity contribution is 5.17. The number of fused-ring (bicyclic) bond motifs is 1. The Morgan fingerprint density at radius 2 is 1.78 bits per heavy atom. The van der Waals surface area contributed by atoms with E-state index in [9.17, 15) is 15.3 Å². The van der Waals surface area contributed by atoms with Crippen LogP contribution in [-0.4, -0.2) is 32.6 Å². The molecule has 0 aliphatic heterocycles. The number of aliphatic hydroxyl groups excluding tert-OH is 1. The van der Waals surface area contributed by atoms with Crippen LogP contribution in [-0.2, 0) is 0 Å². The Kier molecular flexibility index (Phi) is 3.16. The average molecular weight is 254 g/mol. The molecule has 18 heavy (non-hydrogen) atoms. The van der Waals surface area contributed by atoms with E-state index >= 15 is 0 Å². The molecule has 0 bridgehead atoms. The molecule has 0 aromatic rings. The molecule has 0 aromatic heterocycles. The van der Waals surface area contributed by atoms with Gasteiger partial charge in [0.1, 0.15) is 0 Å². The molecule has 0 radical (unpaired) electrons.